The number of carbonyl (C=O) groups is 1. The molecule has 3 rings (SSSR count). The minimum absolute atomic E-state index is 0.198. The van der Waals surface area contributed by atoms with E-state index >= 15 is 0 Å². The Morgan fingerprint density at radius 3 is 3.14 bits per heavy atom. The average Bonchev–Trinajstić information content (AvgIpc) is 2.91. The number of para-hydroxylation sites is 1. The third-order valence-corrected chi connectivity index (χ3v) is 4.15. The predicted molar refractivity (Wildman–Crippen MR) is 83.2 cm³/mol. The largest absolute Gasteiger partial charge is 0.377 e. The Labute approximate surface area is 125 Å². The second kappa shape index (κ2) is 6.31. The van der Waals surface area contributed by atoms with Crippen molar-refractivity contribution >= 4 is 16.8 Å². The van der Waals surface area contributed by atoms with E-state index in [1.165, 1.54) is 0 Å². The fourth-order valence-corrected chi connectivity index (χ4v) is 3.09. The van der Waals surface area contributed by atoms with E-state index in [-0.39, 0.29) is 12.0 Å². The lowest BCUT2D eigenvalue weighted by Crippen LogP contribution is -2.43. The minimum atomic E-state index is 0.198. The van der Waals surface area contributed by atoms with Gasteiger partial charge in [-0.2, -0.15) is 0 Å². The molecule has 4 heteroatoms. The summed E-state index contributed by atoms with van der Waals surface area (Å²) in [6, 6.07) is 8.11. The molecule has 1 aromatic carbocycles. The summed E-state index contributed by atoms with van der Waals surface area (Å²) in [4.78, 5) is 17.7. The molecule has 21 heavy (non-hydrogen) atoms. The maximum absolute atomic E-state index is 12.5. The highest BCUT2D eigenvalue weighted by molar-refractivity contribution is 5.88. The number of aromatic amines is 1. The number of benzene rings is 1. The molecule has 1 aliphatic heterocycles. The van der Waals surface area contributed by atoms with Gasteiger partial charge in [-0.1, -0.05) is 18.2 Å². The summed E-state index contributed by atoms with van der Waals surface area (Å²) in [5, 5.41) is 1.14. The van der Waals surface area contributed by atoms with Gasteiger partial charge in [-0.25, -0.2) is 0 Å². The van der Waals surface area contributed by atoms with Gasteiger partial charge in [0, 0.05) is 36.8 Å². The number of amides is 1. The molecule has 0 aliphatic carbocycles. The first-order valence-corrected chi connectivity index (χ1v) is 7.72. The monoisotopic (exact) mass is 286 g/mol. The molecule has 1 aromatic heterocycles. The Hall–Kier alpha value is -1.81. The number of nitrogens with one attached hydrogen (secondary N) is 1. The molecule has 1 atom stereocenters. The molecule has 2 heterocycles. The first-order valence-electron chi connectivity index (χ1n) is 7.72. The third kappa shape index (κ3) is 3.10. The lowest BCUT2D eigenvalue weighted by molar-refractivity contribution is -0.134. The van der Waals surface area contributed by atoms with E-state index < -0.39 is 0 Å². The molecule has 1 aliphatic rings. The smallest absolute Gasteiger partial charge is 0.227 e. The van der Waals surface area contributed by atoms with E-state index in [0.717, 1.165) is 49.0 Å². The van der Waals surface area contributed by atoms with Crippen molar-refractivity contribution in [3.8, 4) is 0 Å². The normalized spacial score (nSPS) is 19.1. The van der Waals surface area contributed by atoms with Gasteiger partial charge in [0.1, 0.15) is 0 Å². The zero-order chi connectivity index (χ0) is 14.7. The van der Waals surface area contributed by atoms with E-state index in [1.54, 1.807) is 0 Å². The van der Waals surface area contributed by atoms with Gasteiger partial charge in [0.25, 0.3) is 0 Å². The molecule has 0 saturated carbocycles. The fourth-order valence-electron chi connectivity index (χ4n) is 3.09. The molecule has 0 spiro atoms. The zero-order valence-corrected chi connectivity index (χ0v) is 12.5. The van der Waals surface area contributed by atoms with Crippen LogP contribution in [0.1, 0.15) is 25.3 Å². The first kappa shape index (κ1) is 14.1. The number of ether oxygens (including phenoxy) is 1. The molecule has 4 nitrogen and oxygen atoms in total. The molecule has 0 bridgehead atoms. The Morgan fingerprint density at radius 1 is 1.43 bits per heavy atom. The Balaban J connectivity index is 1.68. The van der Waals surface area contributed by atoms with Crippen LogP contribution in [0.4, 0.5) is 0 Å². The molecule has 1 unspecified atom stereocenters. The van der Waals surface area contributed by atoms with Crippen molar-refractivity contribution < 1.29 is 9.53 Å². The van der Waals surface area contributed by atoms with Crippen LogP contribution in [0.5, 0.6) is 0 Å². The van der Waals surface area contributed by atoms with Gasteiger partial charge >= 0.3 is 0 Å². The zero-order valence-electron chi connectivity index (χ0n) is 12.5. The highest BCUT2D eigenvalue weighted by Gasteiger charge is 2.24. The van der Waals surface area contributed by atoms with Crippen LogP contribution in [0, 0.1) is 0 Å². The fraction of sp³-hybridized carbons (Fsp3) is 0.471. The van der Waals surface area contributed by atoms with E-state index in [4.69, 9.17) is 4.74 Å². The number of nitrogens with zero attached hydrogens (tertiary/aromatic N) is 1. The van der Waals surface area contributed by atoms with Gasteiger partial charge in [-0.3, -0.25) is 4.79 Å². The number of H-pyrrole nitrogens is 1. The molecule has 112 valence electrons. The van der Waals surface area contributed by atoms with E-state index in [9.17, 15) is 4.79 Å². The van der Waals surface area contributed by atoms with E-state index in [2.05, 4.69) is 11.1 Å². The summed E-state index contributed by atoms with van der Waals surface area (Å²) < 4.78 is 5.67. The van der Waals surface area contributed by atoms with Gasteiger partial charge in [0.2, 0.25) is 5.91 Å². The number of piperidine rings is 1. The van der Waals surface area contributed by atoms with Crippen LogP contribution in [-0.4, -0.2) is 41.6 Å². The van der Waals surface area contributed by atoms with Crippen LogP contribution < -0.4 is 0 Å². The highest BCUT2D eigenvalue weighted by Crippen LogP contribution is 2.20. The lowest BCUT2D eigenvalue weighted by atomic mass is 10.1. The van der Waals surface area contributed by atoms with Crippen LogP contribution in [0.3, 0.4) is 0 Å². The van der Waals surface area contributed by atoms with Crippen molar-refractivity contribution in [1.29, 1.82) is 0 Å². The van der Waals surface area contributed by atoms with Crippen molar-refractivity contribution in [2.24, 2.45) is 0 Å². The van der Waals surface area contributed by atoms with Crippen molar-refractivity contribution in [2.75, 3.05) is 19.7 Å². The molecule has 1 fully saturated rings. The molecular formula is C17H22N2O2. The highest BCUT2D eigenvalue weighted by atomic mass is 16.5. The quantitative estimate of drug-likeness (QED) is 0.939. The average molecular weight is 286 g/mol. The summed E-state index contributed by atoms with van der Waals surface area (Å²) in [5.41, 5.74) is 2.17. The van der Waals surface area contributed by atoms with Crippen molar-refractivity contribution in [3.63, 3.8) is 0 Å². The minimum Gasteiger partial charge on any atom is -0.377 e. The van der Waals surface area contributed by atoms with Gasteiger partial charge in [-0.05, 0) is 31.4 Å². The topological polar surface area (TPSA) is 45.3 Å². The third-order valence-electron chi connectivity index (χ3n) is 4.15. The SMILES string of the molecule is CCOC1CCCN(C(=O)Cc2c[nH]c3ccccc23)C1. The van der Waals surface area contributed by atoms with Crippen LogP contribution >= 0.6 is 0 Å². The van der Waals surface area contributed by atoms with Crippen molar-refractivity contribution in [3.05, 3.63) is 36.0 Å². The summed E-state index contributed by atoms with van der Waals surface area (Å²) in [7, 11) is 0. The van der Waals surface area contributed by atoms with Gasteiger partial charge in [-0.15, -0.1) is 0 Å². The standard InChI is InChI=1S/C17H22N2O2/c1-2-21-14-6-5-9-19(12-14)17(20)10-13-11-18-16-8-4-3-7-15(13)16/h3-4,7-8,11,14,18H,2,5-6,9-10,12H2,1H3. The number of hydrogen-bond acceptors (Lipinski definition) is 2. The van der Waals surface area contributed by atoms with Crippen LogP contribution in [0.25, 0.3) is 10.9 Å². The first-order chi connectivity index (χ1) is 10.3. The second-order valence-corrected chi connectivity index (χ2v) is 5.60. The summed E-state index contributed by atoms with van der Waals surface area (Å²) in [6.07, 6.45) is 4.71. The molecule has 1 saturated heterocycles. The maximum Gasteiger partial charge on any atom is 0.227 e. The van der Waals surface area contributed by atoms with Gasteiger partial charge in [0.05, 0.1) is 12.5 Å². The summed E-state index contributed by atoms with van der Waals surface area (Å²) in [6.45, 7) is 4.31. The van der Waals surface area contributed by atoms with Crippen LogP contribution in [0.2, 0.25) is 0 Å². The predicted octanol–water partition coefficient (Wildman–Crippen LogP) is 2.74. The number of aromatic nitrogens is 1. The Morgan fingerprint density at radius 2 is 2.29 bits per heavy atom. The van der Waals surface area contributed by atoms with Crippen LogP contribution in [-0.2, 0) is 16.0 Å². The van der Waals surface area contributed by atoms with Crippen molar-refractivity contribution in [2.45, 2.75) is 32.3 Å². The summed E-state index contributed by atoms with van der Waals surface area (Å²) in [5.74, 6) is 0.198. The maximum atomic E-state index is 12.5. The van der Waals surface area contributed by atoms with Crippen LogP contribution in [0.15, 0.2) is 30.5 Å². The number of hydrogen-bond donors (Lipinski definition) is 1. The number of fused-ring (bicyclic) bond motifs is 1. The number of rotatable bonds is 4. The second-order valence-electron chi connectivity index (χ2n) is 5.60. The van der Waals surface area contributed by atoms with E-state index in [1.807, 2.05) is 36.2 Å². The molecule has 1 amide bonds. The Bertz CT molecular complexity index is 618. The van der Waals surface area contributed by atoms with E-state index in [0.29, 0.717) is 6.42 Å². The Kier molecular flexibility index (Phi) is 4.25. The molecular weight excluding hydrogens is 264 g/mol. The number of carbonyl (C=O) groups excluding carboxylic acids is 1. The van der Waals surface area contributed by atoms with Crippen molar-refractivity contribution in [1.82, 2.24) is 9.88 Å². The molecule has 0 radical (unpaired) electrons. The molecule has 1 N–H and O–H groups in total. The lowest BCUT2D eigenvalue weighted by Gasteiger charge is -2.32. The van der Waals surface area contributed by atoms with Gasteiger partial charge < -0.3 is 14.6 Å². The molecule has 2 aromatic rings. The number of likely N-dealkylation sites (tertiary alicyclic amines) is 1. The summed E-state index contributed by atoms with van der Waals surface area (Å²) >= 11 is 0. The van der Waals surface area contributed by atoms with Gasteiger partial charge in [0.15, 0.2) is 0 Å².